The van der Waals surface area contributed by atoms with E-state index in [1.165, 1.54) is 11.3 Å². The smallest absolute Gasteiger partial charge is 0.122 e. The Morgan fingerprint density at radius 2 is 2.08 bits per heavy atom. The highest BCUT2D eigenvalue weighted by atomic mass is 16.5. The molecule has 26 heavy (non-hydrogen) atoms. The normalized spacial score (nSPS) is 18.7. The first kappa shape index (κ1) is 16.8. The fourth-order valence-corrected chi connectivity index (χ4v) is 3.64. The number of nitrogens with one attached hydrogen (secondary N) is 2. The summed E-state index contributed by atoms with van der Waals surface area (Å²) in [7, 11) is 0. The van der Waals surface area contributed by atoms with Crippen LogP contribution in [0.1, 0.15) is 17.5 Å². The SMILES string of the molecule is Oc1ccc2c(c1)C[C@@H](N1CNC=C1CCNCc1ccccc1)CO2. The van der Waals surface area contributed by atoms with E-state index in [2.05, 4.69) is 46.0 Å². The highest BCUT2D eigenvalue weighted by molar-refractivity contribution is 5.41. The van der Waals surface area contributed by atoms with Gasteiger partial charge in [0.1, 0.15) is 18.1 Å². The predicted octanol–water partition coefficient (Wildman–Crippen LogP) is 2.58. The van der Waals surface area contributed by atoms with Crippen LogP contribution in [-0.2, 0) is 13.0 Å². The van der Waals surface area contributed by atoms with Crippen LogP contribution < -0.4 is 15.4 Å². The molecule has 4 rings (SSSR count). The molecule has 1 atom stereocenters. The second-order valence-corrected chi connectivity index (χ2v) is 6.84. The van der Waals surface area contributed by atoms with Gasteiger partial charge in [0.25, 0.3) is 0 Å². The van der Waals surface area contributed by atoms with E-state index in [1.54, 1.807) is 6.07 Å². The van der Waals surface area contributed by atoms with Gasteiger partial charge in [-0.2, -0.15) is 0 Å². The molecule has 2 aliphatic heterocycles. The van der Waals surface area contributed by atoms with Crippen molar-refractivity contribution < 1.29 is 9.84 Å². The molecule has 5 heteroatoms. The highest BCUT2D eigenvalue weighted by Gasteiger charge is 2.28. The molecule has 0 saturated carbocycles. The largest absolute Gasteiger partial charge is 0.508 e. The van der Waals surface area contributed by atoms with Crippen LogP contribution in [0.25, 0.3) is 0 Å². The molecular weight excluding hydrogens is 326 g/mol. The number of ether oxygens (including phenoxy) is 1. The number of rotatable bonds is 6. The lowest BCUT2D eigenvalue weighted by Gasteiger charge is -2.35. The highest BCUT2D eigenvalue weighted by Crippen LogP contribution is 2.31. The molecule has 0 spiro atoms. The lowest BCUT2D eigenvalue weighted by Crippen LogP contribution is -2.43. The van der Waals surface area contributed by atoms with Crippen molar-refractivity contribution in [2.45, 2.75) is 25.4 Å². The van der Waals surface area contributed by atoms with Crippen molar-refractivity contribution >= 4 is 0 Å². The second kappa shape index (κ2) is 7.70. The summed E-state index contributed by atoms with van der Waals surface area (Å²) in [6.07, 6.45) is 3.98. The Hall–Kier alpha value is -2.66. The van der Waals surface area contributed by atoms with Crippen molar-refractivity contribution in [3.05, 3.63) is 71.6 Å². The molecule has 0 fully saturated rings. The van der Waals surface area contributed by atoms with Gasteiger partial charge in [0, 0.05) is 31.4 Å². The van der Waals surface area contributed by atoms with Crippen LogP contribution in [0.3, 0.4) is 0 Å². The van der Waals surface area contributed by atoms with Crippen LogP contribution in [0.4, 0.5) is 0 Å². The topological polar surface area (TPSA) is 56.8 Å². The Morgan fingerprint density at radius 3 is 2.96 bits per heavy atom. The van der Waals surface area contributed by atoms with Gasteiger partial charge in [-0.3, -0.25) is 0 Å². The number of benzene rings is 2. The number of phenols is 1. The zero-order valence-corrected chi connectivity index (χ0v) is 14.8. The van der Waals surface area contributed by atoms with Crippen LogP contribution in [0, 0.1) is 0 Å². The molecule has 136 valence electrons. The summed E-state index contributed by atoms with van der Waals surface area (Å²) in [6, 6.07) is 16.1. The minimum Gasteiger partial charge on any atom is -0.508 e. The molecule has 0 bridgehead atoms. The molecule has 3 N–H and O–H groups in total. The summed E-state index contributed by atoms with van der Waals surface area (Å²) in [4.78, 5) is 2.39. The van der Waals surface area contributed by atoms with Gasteiger partial charge in [-0.05, 0) is 35.7 Å². The van der Waals surface area contributed by atoms with Crippen LogP contribution in [-0.4, -0.2) is 35.9 Å². The number of aromatic hydroxyl groups is 1. The van der Waals surface area contributed by atoms with Crippen molar-refractivity contribution in [2.75, 3.05) is 19.8 Å². The van der Waals surface area contributed by atoms with Gasteiger partial charge in [0.15, 0.2) is 0 Å². The Balaban J connectivity index is 1.31. The standard InChI is InChI=1S/C21H25N3O2/c25-20-6-7-21-17(11-20)10-19(14-26-21)24-15-23-13-18(24)8-9-22-12-16-4-2-1-3-5-16/h1-7,11,13,19,22-23,25H,8-10,12,14-15H2/t19-/m1/s1. The molecule has 2 aliphatic rings. The zero-order valence-electron chi connectivity index (χ0n) is 14.8. The number of hydrogen-bond donors (Lipinski definition) is 3. The molecule has 2 aromatic carbocycles. The van der Waals surface area contributed by atoms with E-state index in [9.17, 15) is 5.11 Å². The average molecular weight is 351 g/mol. The van der Waals surface area contributed by atoms with E-state index in [0.29, 0.717) is 18.4 Å². The predicted molar refractivity (Wildman–Crippen MR) is 102 cm³/mol. The zero-order chi connectivity index (χ0) is 17.8. The van der Waals surface area contributed by atoms with Crippen molar-refractivity contribution in [2.24, 2.45) is 0 Å². The maximum Gasteiger partial charge on any atom is 0.122 e. The molecule has 0 radical (unpaired) electrons. The summed E-state index contributed by atoms with van der Waals surface area (Å²) < 4.78 is 5.91. The van der Waals surface area contributed by atoms with Gasteiger partial charge >= 0.3 is 0 Å². The first-order chi connectivity index (χ1) is 12.8. The number of hydrogen-bond acceptors (Lipinski definition) is 5. The third-order valence-electron chi connectivity index (χ3n) is 5.00. The Bertz CT molecular complexity index is 776. The van der Waals surface area contributed by atoms with Gasteiger partial charge in [-0.15, -0.1) is 0 Å². The molecule has 0 saturated heterocycles. The fraction of sp³-hybridized carbons (Fsp3) is 0.333. The van der Waals surface area contributed by atoms with Gasteiger partial charge < -0.3 is 25.4 Å². The monoisotopic (exact) mass is 351 g/mol. The minimum atomic E-state index is 0.291. The van der Waals surface area contributed by atoms with Gasteiger partial charge in [-0.25, -0.2) is 0 Å². The second-order valence-electron chi connectivity index (χ2n) is 6.84. The van der Waals surface area contributed by atoms with Crippen LogP contribution >= 0.6 is 0 Å². The number of fused-ring (bicyclic) bond motifs is 1. The fourth-order valence-electron chi connectivity index (χ4n) is 3.64. The Morgan fingerprint density at radius 1 is 1.19 bits per heavy atom. The molecule has 2 heterocycles. The van der Waals surface area contributed by atoms with Crippen LogP contribution in [0.2, 0.25) is 0 Å². The first-order valence-corrected chi connectivity index (χ1v) is 9.18. The summed E-state index contributed by atoms with van der Waals surface area (Å²) in [6.45, 7) is 3.31. The average Bonchev–Trinajstić information content (AvgIpc) is 3.14. The Kier molecular flexibility index (Phi) is 4.97. The molecule has 0 aliphatic carbocycles. The summed E-state index contributed by atoms with van der Waals surface area (Å²) >= 11 is 0. The van der Waals surface area contributed by atoms with Gasteiger partial charge in [-0.1, -0.05) is 30.3 Å². The first-order valence-electron chi connectivity index (χ1n) is 9.18. The summed E-state index contributed by atoms with van der Waals surface area (Å²) in [5.41, 5.74) is 3.69. The van der Waals surface area contributed by atoms with Crippen LogP contribution in [0.15, 0.2) is 60.4 Å². The summed E-state index contributed by atoms with van der Waals surface area (Å²) in [5.74, 6) is 1.19. The Labute approximate surface area is 154 Å². The minimum absolute atomic E-state index is 0.291. The summed E-state index contributed by atoms with van der Waals surface area (Å²) in [5, 5.41) is 16.6. The molecule has 0 aromatic heterocycles. The van der Waals surface area contributed by atoms with Gasteiger partial charge in [0.2, 0.25) is 0 Å². The van der Waals surface area contributed by atoms with Gasteiger partial charge in [0.05, 0.1) is 12.7 Å². The van der Waals surface area contributed by atoms with E-state index in [-0.39, 0.29) is 0 Å². The third kappa shape index (κ3) is 3.78. The maximum atomic E-state index is 9.73. The third-order valence-corrected chi connectivity index (χ3v) is 5.00. The quantitative estimate of drug-likeness (QED) is 0.699. The van der Waals surface area contributed by atoms with Crippen molar-refractivity contribution in [1.82, 2.24) is 15.5 Å². The van der Waals surface area contributed by atoms with Crippen molar-refractivity contribution in [3.63, 3.8) is 0 Å². The molecule has 0 amide bonds. The van der Waals surface area contributed by atoms with E-state index < -0.39 is 0 Å². The molecule has 2 aromatic rings. The van der Waals surface area contributed by atoms with E-state index in [1.807, 2.05) is 18.2 Å². The lowest BCUT2D eigenvalue weighted by atomic mass is 10.0. The maximum absolute atomic E-state index is 9.73. The lowest BCUT2D eigenvalue weighted by molar-refractivity contribution is 0.151. The van der Waals surface area contributed by atoms with E-state index in [4.69, 9.17) is 4.74 Å². The molecule has 5 nitrogen and oxygen atoms in total. The molecule has 0 unspecified atom stereocenters. The number of phenolic OH excluding ortho intramolecular Hbond substituents is 1. The van der Waals surface area contributed by atoms with E-state index in [0.717, 1.165) is 43.9 Å². The van der Waals surface area contributed by atoms with E-state index >= 15 is 0 Å². The van der Waals surface area contributed by atoms with Crippen LogP contribution in [0.5, 0.6) is 11.5 Å². The van der Waals surface area contributed by atoms with Crippen molar-refractivity contribution in [1.29, 1.82) is 0 Å². The van der Waals surface area contributed by atoms with Crippen molar-refractivity contribution in [3.8, 4) is 11.5 Å². The number of nitrogens with zero attached hydrogens (tertiary/aromatic N) is 1. The molecular formula is C21H25N3O2.